The van der Waals surface area contributed by atoms with Gasteiger partial charge in [-0.15, -0.1) is 0 Å². The van der Waals surface area contributed by atoms with Gasteiger partial charge in [-0.25, -0.2) is 0 Å². The molecule has 2 heterocycles. The van der Waals surface area contributed by atoms with Gasteiger partial charge in [-0.05, 0) is 61.0 Å². The summed E-state index contributed by atoms with van der Waals surface area (Å²) >= 11 is 11.8. The number of benzene rings is 1. The normalized spacial score (nSPS) is 16.3. The molecule has 1 aromatic heterocycles. The Balaban J connectivity index is 1.76. The maximum Gasteiger partial charge on any atom is 0.173 e. The summed E-state index contributed by atoms with van der Waals surface area (Å²) in [6.07, 6.45) is 5.91. The molecule has 1 aliphatic heterocycles. The summed E-state index contributed by atoms with van der Waals surface area (Å²) in [7, 11) is 1.62. The van der Waals surface area contributed by atoms with Gasteiger partial charge in [0.1, 0.15) is 5.75 Å². The number of anilines is 1. The van der Waals surface area contributed by atoms with Crippen LogP contribution in [0.2, 0.25) is 5.02 Å². The Hall–Kier alpha value is -1.89. The van der Waals surface area contributed by atoms with Gasteiger partial charge < -0.3 is 19.7 Å². The van der Waals surface area contributed by atoms with Gasteiger partial charge in [-0.1, -0.05) is 11.6 Å². The molecule has 7 heteroatoms. The highest BCUT2D eigenvalue weighted by Crippen LogP contribution is 2.28. The molecule has 1 saturated heterocycles. The van der Waals surface area contributed by atoms with Gasteiger partial charge in [-0.3, -0.25) is 4.98 Å². The first-order valence-electron chi connectivity index (χ1n) is 8.55. The van der Waals surface area contributed by atoms with Gasteiger partial charge in [0.25, 0.3) is 0 Å². The summed E-state index contributed by atoms with van der Waals surface area (Å²) in [6.45, 7) is 2.23. The van der Waals surface area contributed by atoms with E-state index in [1.54, 1.807) is 25.6 Å². The largest absolute Gasteiger partial charge is 0.495 e. The summed E-state index contributed by atoms with van der Waals surface area (Å²) in [6, 6.07) is 9.40. The van der Waals surface area contributed by atoms with Gasteiger partial charge in [-0.2, -0.15) is 0 Å². The van der Waals surface area contributed by atoms with Gasteiger partial charge >= 0.3 is 0 Å². The maximum atomic E-state index is 6.12. The third kappa shape index (κ3) is 5.06. The predicted octanol–water partition coefficient (Wildman–Crippen LogP) is 4.12. The molecule has 3 rings (SSSR count). The lowest BCUT2D eigenvalue weighted by atomic mass is 10.2. The molecule has 1 N–H and O–H groups in total. The topological polar surface area (TPSA) is 46.6 Å². The molecule has 0 spiro atoms. The van der Waals surface area contributed by atoms with E-state index < -0.39 is 0 Å². The van der Waals surface area contributed by atoms with Crippen LogP contribution in [-0.4, -0.2) is 41.4 Å². The van der Waals surface area contributed by atoms with E-state index in [-0.39, 0.29) is 6.10 Å². The van der Waals surface area contributed by atoms with Crippen LogP contribution in [0.25, 0.3) is 0 Å². The van der Waals surface area contributed by atoms with Gasteiger partial charge in [0, 0.05) is 37.1 Å². The van der Waals surface area contributed by atoms with Crippen molar-refractivity contribution in [2.75, 3.05) is 25.6 Å². The average molecular weight is 392 g/mol. The SMILES string of the molecule is COc1ccc(Cl)cc1NC(=S)N(Cc1ccncc1)CC1CCCO1. The Morgan fingerprint density at radius 1 is 1.38 bits per heavy atom. The summed E-state index contributed by atoms with van der Waals surface area (Å²) in [4.78, 5) is 6.19. The number of nitrogens with zero attached hydrogens (tertiary/aromatic N) is 2. The molecule has 0 amide bonds. The standard InChI is InChI=1S/C19H22ClN3O2S/c1-24-18-5-4-15(20)11-17(18)22-19(26)23(13-16-3-2-10-25-16)12-14-6-8-21-9-7-14/h4-9,11,16H,2-3,10,12-13H2,1H3,(H,22,26). The highest BCUT2D eigenvalue weighted by molar-refractivity contribution is 7.80. The Morgan fingerprint density at radius 3 is 2.88 bits per heavy atom. The van der Waals surface area contributed by atoms with Crippen molar-refractivity contribution in [1.29, 1.82) is 0 Å². The van der Waals surface area contributed by atoms with Crippen LogP contribution >= 0.6 is 23.8 Å². The molecule has 5 nitrogen and oxygen atoms in total. The van der Waals surface area contributed by atoms with Crippen molar-refractivity contribution in [2.45, 2.75) is 25.5 Å². The van der Waals surface area contributed by atoms with Crippen LogP contribution in [0.15, 0.2) is 42.7 Å². The second-order valence-corrected chi connectivity index (χ2v) is 6.97. The van der Waals surface area contributed by atoms with Crippen molar-refractivity contribution in [1.82, 2.24) is 9.88 Å². The zero-order valence-corrected chi connectivity index (χ0v) is 16.2. The number of thiocarbonyl (C=S) groups is 1. The number of ether oxygens (including phenoxy) is 2. The highest BCUT2D eigenvalue weighted by Gasteiger charge is 2.21. The van der Waals surface area contributed by atoms with Crippen molar-refractivity contribution in [3.05, 3.63) is 53.3 Å². The van der Waals surface area contributed by atoms with Crippen molar-refractivity contribution >= 4 is 34.6 Å². The molecule has 0 bridgehead atoms. The number of nitrogens with one attached hydrogen (secondary N) is 1. The first kappa shape index (κ1) is 18.9. The Morgan fingerprint density at radius 2 is 2.19 bits per heavy atom. The fourth-order valence-electron chi connectivity index (χ4n) is 2.93. The number of hydrogen-bond acceptors (Lipinski definition) is 4. The molecular weight excluding hydrogens is 370 g/mol. The van der Waals surface area contributed by atoms with Crippen LogP contribution in [0.5, 0.6) is 5.75 Å². The van der Waals surface area contributed by atoms with E-state index in [1.807, 2.05) is 24.3 Å². The molecule has 1 aromatic carbocycles. The lowest BCUT2D eigenvalue weighted by Gasteiger charge is -2.28. The average Bonchev–Trinajstić information content (AvgIpc) is 3.15. The zero-order valence-electron chi connectivity index (χ0n) is 14.7. The van der Waals surface area contributed by atoms with Crippen molar-refractivity contribution in [3.63, 3.8) is 0 Å². The number of aromatic nitrogens is 1. The highest BCUT2D eigenvalue weighted by atomic mass is 35.5. The maximum absolute atomic E-state index is 6.12. The summed E-state index contributed by atoms with van der Waals surface area (Å²) in [5.41, 5.74) is 1.89. The first-order chi connectivity index (χ1) is 12.7. The van der Waals surface area contributed by atoms with E-state index in [0.717, 1.165) is 37.2 Å². The minimum Gasteiger partial charge on any atom is -0.495 e. The number of pyridine rings is 1. The fourth-order valence-corrected chi connectivity index (χ4v) is 3.36. The van der Waals surface area contributed by atoms with Gasteiger partial charge in [0.2, 0.25) is 0 Å². The molecular formula is C19H22ClN3O2S. The van der Waals surface area contributed by atoms with Crippen LogP contribution < -0.4 is 10.1 Å². The molecule has 1 unspecified atom stereocenters. The second kappa shape index (κ2) is 9.16. The number of rotatable bonds is 6. The van der Waals surface area contributed by atoms with E-state index in [2.05, 4.69) is 15.2 Å². The molecule has 2 aromatic rings. The molecule has 0 radical (unpaired) electrons. The molecule has 26 heavy (non-hydrogen) atoms. The fraction of sp³-hybridized carbons (Fsp3) is 0.368. The minimum atomic E-state index is 0.192. The third-order valence-electron chi connectivity index (χ3n) is 4.26. The number of halogens is 1. The monoisotopic (exact) mass is 391 g/mol. The minimum absolute atomic E-state index is 0.192. The Labute approximate surface area is 164 Å². The molecule has 0 saturated carbocycles. The quantitative estimate of drug-likeness (QED) is 0.747. The van der Waals surface area contributed by atoms with Crippen molar-refractivity contribution < 1.29 is 9.47 Å². The smallest absolute Gasteiger partial charge is 0.173 e. The number of hydrogen-bond donors (Lipinski definition) is 1. The van der Waals surface area contributed by atoms with Crippen LogP contribution in [0.3, 0.4) is 0 Å². The summed E-state index contributed by atoms with van der Waals surface area (Å²) < 4.78 is 11.2. The van der Waals surface area contributed by atoms with E-state index >= 15 is 0 Å². The van der Waals surface area contributed by atoms with Gasteiger partial charge in [0.15, 0.2) is 5.11 Å². The van der Waals surface area contributed by atoms with Gasteiger partial charge in [0.05, 0.1) is 18.9 Å². The second-order valence-electron chi connectivity index (χ2n) is 6.15. The lowest BCUT2D eigenvalue weighted by Crippen LogP contribution is -2.39. The summed E-state index contributed by atoms with van der Waals surface area (Å²) in [5, 5.41) is 4.50. The van der Waals surface area contributed by atoms with Crippen LogP contribution in [0.4, 0.5) is 5.69 Å². The lowest BCUT2D eigenvalue weighted by molar-refractivity contribution is 0.0905. The van der Waals surface area contributed by atoms with E-state index in [9.17, 15) is 0 Å². The van der Waals surface area contributed by atoms with Crippen molar-refractivity contribution in [3.8, 4) is 5.75 Å². The van der Waals surface area contributed by atoms with Crippen LogP contribution in [0.1, 0.15) is 18.4 Å². The van der Waals surface area contributed by atoms with E-state index in [1.165, 1.54) is 0 Å². The molecule has 1 aliphatic rings. The Bertz CT molecular complexity index is 739. The van der Waals surface area contributed by atoms with Crippen LogP contribution in [-0.2, 0) is 11.3 Å². The molecule has 1 fully saturated rings. The first-order valence-corrected chi connectivity index (χ1v) is 9.34. The number of methoxy groups -OCH3 is 1. The van der Waals surface area contributed by atoms with Crippen LogP contribution in [0, 0.1) is 0 Å². The molecule has 0 aliphatic carbocycles. The Kier molecular flexibility index (Phi) is 6.66. The molecule has 138 valence electrons. The van der Waals surface area contributed by atoms with Crippen molar-refractivity contribution in [2.24, 2.45) is 0 Å². The summed E-state index contributed by atoms with van der Waals surface area (Å²) in [5.74, 6) is 0.692. The third-order valence-corrected chi connectivity index (χ3v) is 4.86. The molecule has 1 atom stereocenters. The van der Waals surface area contributed by atoms with E-state index in [0.29, 0.717) is 22.4 Å². The zero-order chi connectivity index (χ0) is 18.4. The predicted molar refractivity (Wildman–Crippen MR) is 108 cm³/mol. The van der Waals surface area contributed by atoms with E-state index in [4.69, 9.17) is 33.3 Å².